The number of benzene rings is 2. The van der Waals surface area contributed by atoms with Gasteiger partial charge in [-0.25, -0.2) is 0 Å². The molecule has 1 aromatic heterocycles. The van der Waals surface area contributed by atoms with E-state index in [9.17, 15) is 9.59 Å². The number of methoxy groups -OCH3 is 2. The standard InChI is InChI=1S/C18H16N2O4/c1-23-15-8-12-13(18(22)19-11-6-4-3-5-7-11)9-17(21)20-14(12)10-16(15)24-2/h3-10H,1-2H3,(H,19,22)(H,20,21). The highest BCUT2D eigenvalue weighted by molar-refractivity contribution is 6.12. The summed E-state index contributed by atoms with van der Waals surface area (Å²) >= 11 is 0. The Bertz CT molecular complexity index is 948. The summed E-state index contributed by atoms with van der Waals surface area (Å²) in [6, 6.07) is 13.6. The van der Waals surface area contributed by atoms with Crippen LogP contribution in [0, 0.1) is 0 Å². The minimum atomic E-state index is -0.371. The minimum absolute atomic E-state index is 0.263. The number of rotatable bonds is 4. The number of nitrogens with one attached hydrogen (secondary N) is 2. The Hall–Kier alpha value is -3.28. The molecule has 0 radical (unpaired) electrons. The van der Waals surface area contributed by atoms with E-state index in [-0.39, 0.29) is 17.0 Å². The molecule has 0 spiro atoms. The number of aromatic nitrogens is 1. The molecule has 0 saturated carbocycles. The molecule has 0 aliphatic heterocycles. The molecule has 6 nitrogen and oxygen atoms in total. The van der Waals surface area contributed by atoms with Crippen molar-refractivity contribution in [1.82, 2.24) is 4.98 Å². The molecule has 122 valence electrons. The average molecular weight is 324 g/mol. The van der Waals surface area contributed by atoms with E-state index in [0.29, 0.717) is 28.1 Å². The highest BCUT2D eigenvalue weighted by Gasteiger charge is 2.15. The van der Waals surface area contributed by atoms with Crippen LogP contribution in [0.1, 0.15) is 10.4 Å². The summed E-state index contributed by atoms with van der Waals surface area (Å²) in [7, 11) is 3.02. The van der Waals surface area contributed by atoms with Gasteiger partial charge < -0.3 is 19.8 Å². The Labute approximate surface area is 138 Å². The number of carbonyl (C=O) groups excluding carboxylic acids is 1. The molecule has 3 aromatic rings. The minimum Gasteiger partial charge on any atom is -0.493 e. The molecule has 0 aliphatic carbocycles. The fraction of sp³-hybridized carbons (Fsp3) is 0.111. The SMILES string of the molecule is COc1cc2[nH]c(=O)cc(C(=O)Nc3ccccc3)c2cc1OC. The number of hydrogen-bond acceptors (Lipinski definition) is 4. The van der Waals surface area contributed by atoms with Gasteiger partial charge in [0.15, 0.2) is 11.5 Å². The molecule has 2 N–H and O–H groups in total. The average Bonchev–Trinajstić information content (AvgIpc) is 2.60. The van der Waals surface area contributed by atoms with Crippen molar-refractivity contribution in [3.8, 4) is 11.5 Å². The van der Waals surface area contributed by atoms with Crippen LogP contribution < -0.4 is 20.3 Å². The Morgan fingerprint density at radius 1 is 1.00 bits per heavy atom. The van der Waals surface area contributed by atoms with Gasteiger partial charge in [-0.15, -0.1) is 0 Å². The molecule has 2 aromatic carbocycles. The van der Waals surface area contributed by atoms with Gasteiger partial charge in [-0.1, -0.05) is 18.2 Å². The third-order valence-corrected chi connectivity index (χ3v) is 3.62. The lowest BCUT2D eigenvalue weighted by Gasteiger charge is -2.12. The van der Waals surface area contributed by atoms with Crippen molar-refractivity contribution in [3.63, 3.8) is 0 Å². The fourth-order valence-electron chi connectivity index (χ4n) is 2.49. The van der Waals surface area contributed by atoms with Gasteiger partial charge in [-0.3, -0.25) is 9.59 Å². The van der Waals surface area contributed by atoms with Crippen LogP contribution in [-0.2, 0) is 0 Å². The maximum atomic E-state index is 12.6. The number of hydrogen-bond donors (Lipinski definition) is 2. The molecular weight excluding hydrogens is 308 g/mol. The molecule has 1 amide bonds. The predicted molar refractivity (Wildman–Crippen MR) is 92.1 cm³/mol. The number of pyridine rings is 1. The highest BCUT2D eigenvalue weighted by atomic mass is 16.5. The number of carbonyl (C=O) groups is 1. The van der Waals surface area contributed by atoms with E-state index >= 15 is 0 Å². The van der Waals surface area contributed by atoms with E-state index in [1.165, 1.54) is 20.3 Å². The zero-order chi connectivity index (χ0) is 17.1. The molecule has 1 heterocycles. The van der Waals surface area contributed by atoms with Gasteiger partial charge in [0.2, 0.25) is 5.56 Å². The molecule has 0 unspecified atom stereocenters. The maximum absolute atomic E-state index is 12.6. The first-order valence-electron chi connectivity index (χ1n) is 7.28. The van der Waals surface area contributed by atoms with Crippen LogP contribution in [-0.4, -0.2) is 25.1 Å². The van der Waals surface area contributed by atoms with E-state index in [1.54, 1.807) is 24.3 Å². The number of anilines is 1. The molecule has 24 heavy (non-hydrogen) atoms. The highest BCUT2D eigenvalue weighted by Crippen LogP contribution is 2.32. The van der Waals surface area contributed by atoms with E-state index < -0.39 is 0 Å². The van der Waals surface area contributed by atoms with E-state index in [0.717, 1.165) is 0 Å². The Morgan fingerprint density at radius 3 is 2.33 bits per heavy atom. The maximum Gasteiger partial charge on any atom is 0.256 e. The molecule has 0 fully saturated rings. The lowest BCUT2D eigenvalue weighted by atomic mass is 10.1. The second kappa shape index (κ2) is 6.45. The van der Waals surface area contributed by atoms with E-state index in [4.69, 9.17) is 9.47 Å². The van der Waals surface area contributed by atoms with Gasteiger partial charge in [-0.05, 0) is 18.2 Å². The largest absolute Gasteiger partial charge is 0.493 e. The summed E-state index contributed by atoms with van der Waals surface area (Å²) in [6.45, 7) is 0. The second-order valence-electron chi connectivity index (χ2n) is 5.12. The van der Waals surface area contributed by atoms with Crippen LogP contribution >= 0.6 is 0 Å². The Kier molecular flexibility index (Phi) is 4.20. The third kappa shape index (κ3) is 2.94. The van der Waals surface area contributed by atoms with Crippen molar-refractivity contribution in [2.45, 2.75) is 0 Å². The molecule has 0 aliphatic rings. The molecule has 0 bridgehead atoms. The first-order chi connectivity index (χ1) is 11.6. The van der Waals surface area contributed by atoms with E-state index in [2.05, 4.69) is 10.3 Å². The first-order valence-corrected chi connectivity index (χ1v) is 7.28. The number of H-pyrrole nitrogens is 1. The Balaban J connectivity index is 2.12. The number of para-hydroxylation sites is 1. The third-order valence-electron chi connectivity index (χ3n) is 3.62. The Morgan fingerprint density at radius 2 is 1.67 bits per heavy atom. The van der Waals surface area contributed by atoms with Gasteiger partial charge in [0.05, 0.1) is 25.3 Å². The first kappa shape index (κ1) is 15.6. The van der Waals surface area contributed by atoms with Crippen LogP contribution in [0.4, 0.5) is 5.69 Å². The van der Waals surface area contributed by atoms with Crippen molar-refractivity contribution in [3.05, 3.63) is 64.4 Å². The summed E-state index contributed by atoms with van der Waals surface area (Å²) in [5, 5.41) is 3.35. The van der Waals surface area contributed by atoms with Crippen molar-refractivity contribution in [1.29, 1.82) is 0 Å². The van der Waals surface area contributed by atoms with Crippen molar-refractivity contribution in [2.24, 2.45) is 0 Å². The zero-order valence-corrected chi connectivity index (χ0v) is 13.3. The summed E-state index contributed by atoms with van der Waals surface area (Å²) in [6.07, 6.45) is 0. The summed E-state index contributed by atoms with van der Waals surface area (Å²) in [4.78, 5) is 27.2. The predicted octanol–water partition coefficient (Wildman–Crippen LogP) is 2.80. The second-order valence-corrected chi connectivity index (χ2v) is 5.12. The molecule has 3 rings (SSSR count). The summed E-state index contributed by atoms with van der Waals surface area (Å²) < 4.78 is 10.5. The molecule has 0 saturated heterocycles. The number of aromatic amines is 1. The monoisotopic (exact) mass is 324 g/mol. The topological polar surface area (TPSA) is 80.4 Å². The zero-order valence-electron chi connectivity index (χ0n) is 13.3. The van der Waals surface area contributed by atoms with Crippen LogP contribution in [0.2, 0.25) is 0 Å². The quantitative estimate of drug-likeness (QED) is 0.773. The van der Waals surface area contributed by atoms with Crippen LogP contribution in [0.5, 0.6) is 11.5 Å². The van der Waals surface area contributed by atoms with Gasteiger partial charge in [0, 0.05) is 23.2 Å². The fourth-order valence-corrected chi connectivity index (χ4v) is 2.49. The van der Waals surface area contributed by atoms with Crippen LogP contribution in [0.15, 0.2) is 53.3 Å². The van der Waals surface area contributed by atoms with Gasteiger partial charge in [-0.2, -0.15) is 0 Å². The molecule has 6 heteroatoms. The molecule has 0 atom stereocenters. The molecular formula is C18H16N2O4. The van der Waals surface area contributed by atoms with Gasteiger partial charge in [0.25, 0.3) is 5.91 Å². The van der Waals surface area contributed by atoms with Crippen molar-refractivity contribution in [2.75, 3.05) is 19.5 Å². The number of ether oxygens (including phenoxy) is 2. The van der Waals surface area contributed by atoms with Crippen molar-refractivity contribution >= 4 is 22.5 Å². The van der Waals surface area contributed by atoms with Crippen LogP contribution in [0.3, 0.4) is 0 Å². The van der Waals surface area contributed by atoms with Crippen LogP contribution in [0.25, 0.3) is 10.9 Å². The lowest BCUT2D eigenvalue weighted by molar-refractivity contribution is 0.102. The summed E-state index contributed by atoms with van der Waals surface area (Å²) in [5.41, 5.74) is 1.04. The van der Waals surface area contributed by atoms with Crippen molar-refractivity contribution < 1.29 is 14.3 Å². The number of fused-ring (bicyclic) bond motifs is 1. The normalized spacial score (nSPS) is 10.4. The van der Waals surface area contributed by atoms with Gasteiger partial charge >= 0.3 is 0 Å². The van der Waals surface area contributed by atoms with Gasteiger partial charge in [0.1, 0.15) is 0 Å². The summed E-state index contributed by atoms with van der Waals surface area (Å²) in [5.74, 6) is 0.580. The smallest absolute Gasteiger partial charge is 0.256 e. The number of amides is 1. The van der Waals surface area contributed by atoms with E-state index in [1.807, 2.05) is 18.2 Å². The lowest BCUT2D eigenvalue weighted by Crippen LogP contribution is -2.17.